The largest absolute Gasteiger partial charge is 0.355 e. The fourth-order valence-corrected chi connectivity index (χ4v) is 3.39. The number of amides is 2. The van der Waals surface area contributed by atoms with Gasteiger partial charge >= 0.3 is 0 Å². The fraction of sp³-hybridized carbons (Fsp3) is 0.389. The fourth-order valence-electron chi connectivity index (χ4n) is 2.19. The third kappa shape index (κ3) is 8.31. The first kappa shape index (κ1) is 21.0. The standard InChI is InChI=1S/C18H22N4O3S2/c1-13(23)26-12-16(25)19-11-7-3-6-10-15(24)20-18-22-21-17(27-18)14-8-4-2-5-9-14/h2,4-5,8-9H,3,6-7,10-12H2,1H3,(H,19,25)(H,20,22,24). The van der Waals surface area contributed by atoms with Crippen LogP contribution in [0.2, 0.25) is 0 Å². The molecule has 0 spiro atoms. The van der Waals surface area contributed by atoms with E-state index in [1.165, 1.54) is 18.3 Å². The molecule has 1 aromatic carbocycles. The second-order valence-electron chi connectivity index (χ2n) is 5.77. The zero-order valence-electron chi connectivity index (χ0n) is 15.1. The minimum absolute atomic E-state index is 0.0671. The van der Waals surface area contributed by atoms with Crippen molar-refractivity contribution in [3.05, 3.63) is 30.3 Å². The molecule has 9 heteroatoms. The Bertz CT molecular complexity index is 765. The van der Waals surface area contributed by atoms with Gasteiger partial charge in [0.25, 0.3) is 0 Å². The van der Waals surface area contributed by atoms with Gasteiger partial charge in [0.1, 0.15) is 5.01 Å². The van der Waals surface area contributed by atoms with E-state index in [0.717, 1.165) is 41.6 Å². The summed E-state index contributed by atoms with van der Waals surface area (Å²) in [6.45, 7) is 1.99. The molecule has 0 aliphatic heterocycles. The second kappa shape index (κ2) is 11.5. The Morgan fingerprint density at radius 2 is 1.81 bits per heavy atom. The lowest BCUT2D eigenvalue weighted by molar-refractivity contribution is -0.119. The minimum Gasteiger partial charge on any atom is -0.355 e. The number of unbranched alkanes of at least 4 members (excludes halogenated alkanes) is 2. The molecule has 2 amide bonds. The average molecular weight is 407 g/mol. The van der Waals surface area contributed by atoms with E-state index in [4.69, 9.17) is 0 Å². The first-order chi connectivity index (χ1) is 13.0. The molecule has 0 atom stereocenters. The summed E-state index contributed by atoms with van der Waals surface area (Å²) in [6.07, 6.45) is 2.75. The van der Waals surface area contributed by atoms with E-state index in [1.54, 1.807) is 0 Å². The Kier molecular flexibility index (Phi) is 8.93. The Morgan fingerprint density at radius 1 is 1.04 bits per heavy atom. The molecule has 2 N–H and O–H groups in total. The molecular formula is C18H22N4O3S2. The lowest BCUT2D eigenvalue weighted by Crippen LogP contribution is -2.26. The van der Waals surface area contributed by atoms with Gasteiger partial charge in [-0.15, -0.1) is 10.2 Å². The first-order valence-electron chi connectivity index (χ1n) is 8.63. The molecule has 2 rings (SSSR count). The van der Waals surface area contributed by atoms with Crippen molar-refractivity contribution in [1.29, 1.82) is 0 Å². The van der Waals surface area contributed by atoms with Crippen LogP contribution in [0.15, 0.2) is 30.3 Å². The highest BCUT2D eigenvalue weighted by molar-refractivity contribution is 8.14. The summed E-state index contributed by atoms with van der Waals surface area (Å²) in [5.74, 6) is -0.0732. The predicted octanol–water partition coefficient (Wildman–Crippen LogP) is 3.10. The van der Waals surface area contributed by atoms with Gasteiger partial charge in [-0.05, 0) is 12.8 Å². The van der Waals surface area contributed by atoms with Crippen LogP contribution in [0.3, 0.4) is 0 Å². The maximum absolute atomic E-state index is 12.0. The number of nitrogens with zero attached hydrogens (tertiary/aromatic N) is 2. The molecule has 0 radical (unpaired) electrons. The molecule has 0 unspecified atom stereocenters. The molecule has 0 saturated carbocycles. The highest BCUT2D eigenvalue weighted by Gasteiger charge is 2.09. The van der Waals surface area contributed by atoms with Crippen LogP contribution in [-0.4, -0.2) is 39.4 Å². The molecule has 0 saturated heterocycles. The Labute approximate surface area is 166 Å². The van der Waals surface area contributed by atoms with Crippen molar-refractivity contribution in [3.8, 4) is 10.6 Å². The van der Waals surface area contributed by atoms with Gasteiger partial charge in [-0.3, -0.25) is 14.4 Å². The number of nitrogens with one attached hydrogen (secondary N) is 2. The SMILES string of the molecule is CC(=O)SCC(=O)NCCCCCC(=O)Nc1nnc(-c2ccccc2)s1. The second-order valence-corrected chi connectivity index (χ2v) is 7.90. The maximum Gasteiger partial charge on any atom is 0.230 e. The number of hydrogen-bond donors (Lipinski definition) is 2. The van der Waals surface area contributed by atoms with Crippen LogP contribution in [0.5, 0.6) is 0 Å². The van der Waals surface area contributed by atoms with Gasteiger partial charge in [0.05, 0.1) is 5.75 Å². The van der Waals surface area contributed by atoms with Crippen LogP contribution in [0.4, 0.5) is 5.13 Å². The summed E-state index contributed by atoms with van der Waals surface area (Å²) in [5.41, 5.74) is 0.972. The Morgan fingerprint density at radius 3 is 2.56 bits per heavy atom. The van der Waals surface area contributed by atoms with E-state index in [2.05, 4.69) is 20.8 Å². The van der Waals surface area contributed by atoms with Crippen LogP contribution in [0, 0.1) is 0 Å². The van der Waals surface area contributed by atoms with Crippen molar-refractivity contribution < 1.29 is 14.4 Å². The van der Waals surface area contributed by atoms with Gasteiger partial charge in [-0.1, -0.05) is 59.9 Å². The van der Waals surface area contributed by atoms with Gasteiger partial charge < -0.3 is 10.6 Å². The van der Waals surface area contributed by atoms with Crippen molar-refractivity contribution in [1.82, 2.24) is 15.5 Å². The van der Waals surface area contributed by atoms with Gasteiger partial charge in [-0.2, -0.15) is 0 Å². The van der Waals surface area contributed by atoms with Crippen LogP contribution in [-0.2, 0) is 14.4 Å². The molecule has 27 heavy (non-hydrogen) atoms. The highest BCUT2D eigenvalue weighted by atomic mass is 32.2. The van der Waals surface area contributed by atoms with Crippen LogP contribution in [0.1, 0.15) is 32.6 Å². The third-order valence-corrected chi connectivity index (χ3v) is 5.20. The number of aromatic nitrogens is 2. The molecule has 7 nitrogen and oxygen atoms in total. The van der Waals surface area contributed by atoms with E-state index >= 15 is 0 Å². The molecule has 0 fully saturated rings. The molecule has 144 valence electrons. The smallest absolute Gasteiger partial charge is 0.230 e. The van der Waals surface area contributed by atoms with Crippen molar-refractivity contribution in [2.75, 3.05) is 17.6 Å². The van der Waals surface area contributed by atoms with Crippen molar-refractivity contribution in [2.24, 2.45) is 0 Å². The number of thioether (sulfide) groups is 1. The van der Waals surface area contributed by atoms with E-state index in [-0.39, 0.29) is 22.7 Å². The predicted molar refractivity (Wildman–Crippen MR) is 109 cm³/mol. The van der Waals surface area contributed by atoms with Crippen molar-refractivity contribution in [3.63, 3.8) is 0 Å². The molecule has 1 heterocycles. The van der Waals surface area contributed by atoms with E-state index in [9.17, 15) is 14.4 Å². The van der Waals surface area contributed by atoms with Crippen LogP contribution in [0.25, 0.3) is 10.6 Å². The lowest BCUT2D eigenvalue weighted by atomic mass is 10.2. The van der Waals surface area contributed by atoms with Gasteiger partial charge in [0, 0.05) is 25.5 Å². The Balaban J connectivity index is 1.58. The lowest BCUT2D eigenvalue weighted by Gasteiger charge is -2.04. The van der Waals surface area contributed by atoms with Gasteiger partial charge in [0.15, 0.2) is 5.12 Å². The summed E-state index contributed by atoms with van der Waals surface area (Å²) in [4.78, 5) is 34.2. The molecular weight excluding hydrogens is 384 g/mol. The maximum atomic E-state index is 12.0. The minimum atomic E-state index is -0.140. The summed E-state index contributed by atoms with van der Waals surface area (Å²) >= 11 is 2.34. The Hall–Kier alpha value is -2.26. The van der Waals surface area contributed by atoms with E-state index in [0.29, 0.717) is 18.1 Å². The summed E-state index contributed by atoms with van der Waals surface area (Å²) in [5, 5.41) is 14.8. The number of carbonyl (C=O) groups excluding carboxylic acids is 3. The number of rotatable bonds is 10. The number of hydrogen-bond acceptors (Lipinski definition) is 7. The number of carbonyl (C=O) groups is 3. The molecule has 1 aromatic heterocycles. The monoisotopic (exact) mass is 406 g/mol. The summed E-state index contributed by atoms with van der Waals surface area (Å²) in [6, 6.07) is 9.69. The number of anilines is 1. The number of benzene rings is 1. The summed E-state index contributed by atoms with van der Waals surface area (Å²) < 4.78 is 0. The zero-order valence-corrected chi connectivity index (χ0v) is 16.7. The highest BCUT2D eigenvalue weighted by Crippen LogP contribution is 2.25. The summed E-state index contributed by atoms with van der Waals surface area (Å²) in [7, 11) is 0. The van der Waals surface area contributed by atoms with Gasteiger partial charge in [0.2, 0.25) is 16.9 Å². The third-order valence-electron chi connectivity index (χ3n) is 3.50. The quantitative estimate of drug-likeness (QED) is 0.588. The van der Waals surface area contributed by atoms with E-state index < -0.39 is 0 Å². The normalized spacial score (nSPS) is 10.4. The average Bonchev–Trinajstić information content (AvgIpc) is 3.12. The van der Waals surface area contributed by atoms with Crippen molar-refractivity contribution in [2.45, 2.75) is 32.6 Å². The molecule has 0 bridgehead atoms. The zero-order chi connectivity index (χ0) is 19.5. The van der Waals surface area contributed by atoms with Crippen LogP contribution >= 0.6 is 23.1 Å². The molecule has 0 aliphatic rings. The molecule has 0 aliphatic carbocycles. The first-order valence-corrected chi connectivity index (χ1v) is 10.4. The van der Waals surface area contributed by atoms with E-state index in [1.807, 2.05) is 30.3 Å². The van der Waals surface area contributed by atoms with Crippen LogP contribution < -0.4 is 10.6 Å². The van der Waals surface area contributed by atoms with Crippen molar-refractivity contribution >= 4 is 45.2 Å². The topological polar surface area (TPSA) is 101 Å². The van der Waals surface area contributed by atoms with Gasteiger partial charge in [-0.25, -0.2) is 0 Å². The molecule has 2 aromatic rings.